The van der Waals surface area contributed by atoms with E-state index in [1.165, 1.54) is 24.8 Å². The van der Waals surface area contributed by atoms with Crippen molar-refractivity contribution < 1.29 is 29.6 Å². The van der Waals surface area contributed by atoms with Crippen LogP contribution in [0.4, 0.5) is 0 Å². The van der Waals surface area contributed by atoms with Crippen molar-refractivity contribution in [1.29, 1.82) is 0 Å². The Labute approximate surface area is 228 Å². The van der Waals surface area contributed by atoms with Crippen molar-refractivity contribution in [3.8, 4) is 0 Å². The molecule has 0 unspecified atom stereocenters. The van der Waals surface area contributed by atoms with Crippen LogP contribution in [0.5, 0.6) is 0 Å². The maximum Gasteiger partial charge on any atom is 0.334 e. The first-order valence-electron chi connectivity index (χ1n) is 14.7. The van der Waals surface area contributed by atoms with Crippen LogP contribution in [0.25, 0.3) is 0 Å². The molecule has 38 heavy (non-hydrogen) atoms. The molecule has 3 aliphatic carbocycles. The van der Waals surface area contributed by atoms with Crippen LogP contribution in [-0.4, -0.2) is 58.9 Å². The molecule has 0 spiro atoms. The van der Waals surface area contributed by atoms with Gasteiger partial charge in [0.2, 0.25) is 0 Å². The Balaban J connectivity index is 1.45. The molecule has 0 aromatic carbocycles. The van der Waals surface area contributed by atoms with E-state index in [1.807, 2.05) is 0 Å². The molecule has 6 heteroatoms. The maximum absolute atomic E-state index is 12.1. The van der Waals surface area contributed by atoms with Gasteiger partial charge in [-0.3, -0.25) is 0 Å². The molecule has 4 aliphatic rings. The number of hydrogen-bond donors (Lipinski definition) is 3. The first kappa shape index (κ1) is 29.3. The number of carbonyl (C=O) groups is 1. The molecule has 212 valence electrons. The Morgan fingerprint density at radius 2 is 1.97 bits per heavy atom. The highest BCUT2D eigenvalue weighted by Crippen LogP contribution is 2.60. The lowest BCUT2D eigenvalue weighted by atomic mass is 9.60. The third-order valence-corrected chi connectivity index (χ3v) is 10.2. The van der Waals surface area contributed by atoms with Crippen molar-refractivity contribution in [2.45, 2.75) is 103 Å². The molecule has 1 aliphatic heterocycles. The molecule has 0 amide bonds. The predicted octanol–water partition coefficient (Wildman–Crippen LogP) is 5.04. The van der Waals surface area contributed by atoms with E-state index in [-0.39, 0.29) is 30.0 Å². The number of cyclic esters (lactones) is 1. The highest BCUT2D eigenvalue weighted by molar-refractivity contribution is 5.90. The molecule has 4 fully saturated rings. The Kier molecular flexibility index (Phi) is 9.39. The van der Waals surface area contributed by atoms with Crippen LogP contribution in [0.3, 0.4) is 0 Å². The number of carbonyl (C=O) groups excluding carboxylic acids is 1. The topological polar surface area (TPSA) is 96.2 Å². The van der Waals surface area contributed by atoms with Crippen molar-refractivity contribution >= 4 is 5.97 Å². The zero-order valence-corrected chi connectivity index (χ0v) is 23.5. The van der Waals surface area contributed by atoms with Gasteiger partial charge in [0.25, 0.3) is 0 Å². The minimum Gasteiger partial charge on any atom is -0.458 e. The molecule has 0 bridgehead atoms. The van der Waals surface area contributed by atoms with Gasteiger partial charge in [-0.05, 0) is 85.7 Å². The number of esters is 1. The number of rotatable bonds is 9. The Morgan fingerprint density at radius 3 is 2.68 bits per heavy atom. The summed E-state index contributed by atoms with van der Waals surface area (Å²) in [6.07, 6.45) is 10.2. The summed E-state index contributed by atoms with van der Waals surface area (Å²) >= 11 is 0. The number of aliphatic hydroxyl groups excluding tert-OH is 3. The molecule has 9 atom stereocenters. The molecule has 0 radical (unpaired) electrons. The van der Waals surface area contributed by atoms with E-state index in [4.69, 9.17) is 14.6 Å². The van der Waals surface area contributed by atoms with Crippen LogP contribution in [0.2, 0.25) is 0 Å². The molecule has 4 rings (SSSR count). The summed E-state index contributed by atoms with van der Waals surface area (Å²) in [6.45, 7) is 15.3. The smallest absolute Gasteiger partial charge is 0.334 e. The number of hydrogen-bond acceptors (Lipinski definition) is 6. The van der Waals surface area contributed by atoms with Crippen LogP contribution in [0.15, 0.2) is 47.6 Å². The molecule has 1 heterocycles. The third kappa shape index (κ3) is 5.60. The first-order valence-corrected chi connectivity index (χ1v) is 14.7. The number of allylic oxidation sites excluding steroid dienone is 3. The van der Waals surface area contributed by atoms with E-state index < -0.39 is 18.3 Å². The normalized spacial score (nSPS) is 40.6. The van der Waals surface area contributed by atoms with Gasteiger partial charge in [-0.1, -0.05) is 51.7 Å². The quantitative estimate of drug-likeness (QED) is 0.220. The van der Waals surface area contributed by atoms with E-state index in [0.717, 1.165) is 31.3 Å². The highest BCUT2D eigenvalue weighted by atomic mass is 16.6. The minimum absolute atomic E-state index is 0.0152. The second-order valence-corrected chi connectivity index (χ2v) is 12.4. The summed E-state index contributed by atoms with van der Waals surface area (Å²) in [5.41, 5.74) is 3.81. The standard InChI is InChI=1S/C32H48O6/c1-6-24-21(4)31(36)38-28(24)17-19(2)25-12-13-26-22(9-7-14-32(25,26)5)10-11-23-18-27(34)30(29(35)20(23)3)37-16-8-15-33/h10-11,19,24-30,33-35H,3-4,6-9,12-18H2,1-2,5H3/b22-10+,23-11-/t19-,24+,25-,26+,27-,28-,29-,30+,32-/m1/s1. The van der Waals surface area contributed by atoms with E-state index in [0.29, 0.717) is 48.3 Å². The Bertz CT molecular complexity index is 965. The van der Waals surface area contributed by atoms with Gasteiger partial charge < -0.3 is 24.8 Å². The lowest BCUT2D eigenvalue weighted by Crippen LogP contribution is -2.45. The fourth-order valence-electron chi connectivity index (χ4n) is 8.08. The van der Waals surface area contributed by atoms with Crippen molar-refractivity contribution in [3.05, 3.63) is 47.6 Å². The molecular formula is C32H48O6. The van der Waals surface area contributed by atoms with E-state index >= 15 is 0 Å². The number of fused-ring (bicyclic) bond motifs is 1. The summed E-state index contributed by atoms with van der Waals surface area (Å²) in [4.78, 5) is 12.1. The fraction of sp³-hybridized carbons (Fsp3) is 0.719. The third-order valence-electron chi connectivity index (χ3n) is 10.2. The molecule has 0 aromatic rings. The van der Waals surface area contributed by atoms with Crippen LogP contribution >= 0.6 is 0 Å². The largest absolute Gasteiger partial charge is 0.458 e. The van der Waals surface area contributed by atoms with Crippen molar-refractivity contribution in [2.24, 2.45) is 29.1 Å². The molecule has 1 saturated heterocycles. The van der Waals surface area contributed by atoms with E-state index in [1.54, 1.807) is 0 Å². The van der Waals surface area contributed by atoms with Gasteiger partial charge >= 0.3 is 5.97 Å². The van der Waals surface area contributed by atoms with Gasteiger partial charge in [0.05, 0.1) is 6.10 Å². The van der Waals surface area contributed by atoms with E-state index in [9.17, 15) is 15.0 Å². The SMILES string of the molecule is C=C1/C(=C\C=C2/CCC[C@]3(C)[C@@H]([C@H](C)C[C@H]4OC(=O)C(=C)[C@@H]4CC)CC[C@@H]23)C[C@@H](O)[C@H](OCCCO)[C@@H]1O. The molecule has 6 nitrogen and oxygen atoms in total. The summed E-state index contributed by atoms with van der Waals surface area (Å²) in [5.74, 6) is 1.48. The minimum atomic E-state index is -0.955. The van der Waals surface area contributed by atoms with Gasteiger partial charge in [-0.2, -0.15) is 0 Å². The monoisotopic (exact) mass is 528 g/mol. The van der Waals surface area contributed by atoms with Crippen LogP contribution in [0.1, 0.15) is 78.6 Å². The predicted molar refractivity (Wildman–Crippen MR) is 148 cm³/mol. The molecule has 3 N–H and O–H groups in total. The second-order valence-electron chi connectivity index (χ2n) is 12.4. The van der Waals surface area contributed by atoms with E-state index in [2.05, 4.69) is 46.1 Å². The molecular weight excluding hydrogens is 480 g/mol. The van der Waals surface area contributed by atoms with Crippen LogP contribution < -0.4 is 0 Å². The Morgan fingerprint density at radius 1 is 1.21 bits per heavy atom. The Hall–Kier alpha value is -1.73. The average Bonchev–Trinajstić information content (AvgIpc) is 3.37. The first-order chi connectivity index (χ1) is 18.1. The van der Waals surface area contributed by atoms with Gasteiger partial charge in [0.15, 0.2) is 0 Å². The zero-order chi connectivity index (χ0) is 27.6. The van der Waals surface area contributed by atoms with Crippen molar-refractivity contribution in [1.82, 2.24) is 0 Å². The number of ether oxygens (including phenoxy) is 2. The van der Waals surface area contributed by atoms with Gasteiger partial charge in [0, 0.05) is 31.1 Å². The summed E-state index contributed by atoms with van der Waals surface area (Å²) in [5, 5.41) is 30.4. The van der Waals surface area contributed by atoms with Crippen molar-refractivity contribution in [3.63, 3.8) is 0 Å². The van der Waals surface area contributed by atoms with Gasteiger partial charge in [-0.25, -0.2) is 4.79 Å². The average molecular weight is 529 g/mol. The lowest BCUT2D eigenvalue weighted by molar-refractivity contribution is -0.140. The zero-order valence-electron chi connectivity index (χ0n) is 23.5. The van der Waals surface area contributed by atoms with Gasteiger partial charge in [-0.15, -0.1) is 0 Å². The maximum atomic E-state index is 12.1. The second kappa shape index (κ2) is 12.2. The number of aliphatic hydroxyl groups is 3. The molecule has 0 aromatic heterocycles. The highest BCUT2D eigenvalue weighted by Gasteiger charge is 2.51. The van der Waals surface area contributed by atoms with Crippen LogP contribution in [-0.2, 0) is 14.3 Å². The summed E-state index contributed by atoms with van der Waals surface area (Å²) < 4.78 is 11.4. The molecule has 3 saturated carbocycles. The fourth-order valence-corrected chi connectivity index (χ4v) is 8.08. The van der Waals surface area contributed by atoms with Gasteiger partial charge in [0.1, 0.15) is 18.3 Å². The lowest BCUT2D eigenvalue weighted by Gasteiger charge is -2.45. The summed E-state index contributed by atoms with van der Waals surface area (Å²) in [7, 11) is 0. The van der Waals surface area contributed by atoms with Crippen molar-refractivity contribution in [2.75, 3.05) is 13.2 Å². The van der Waals surface area contributed by atoms with Crippen LogP contribution in [0, 0.1) is 29.1 Å². The summed E-state index contributed by atoms with van der Waals surface area (Å²) in [6, 6.07) is 0.